The van der Waals surface area contributed by atoms with Gasteiger partial charge in [-0.05, 0) is 24.6 Å². The predicted molar refractivity (Wildman–Crippen MR) is 66.0 cm³/mol. The molecule has 0 bridgehead atoms. The van der Waals surface area contributed by atoms with Gasteiger partial charge in [-0.2, -0.15) is 0 Å². The van der Waals surface area contributed by atoms with Crippen LogP contribution in [0, 0.1) is 0 Å². The molecule has 2 rings (SSSR count). The molecule has 98 valence electrons. The first-order valence-electron chi connectivity index (χ1n) is 6.02. The predicted octanol–water partition coefficient (Wildman–Crippen LogP) is 1.00. The van der Waals surface area contributed by atoms with Gasteiger partial charge in [0, 0.05) is 25.3 Å². The summed E-state index contributed by atoms with van der Waals surface area (Å²) < 4.78 is 5.32. The Labute approximate surface area is 106 Å². The molecule has 0 spiro atoms. The molecule has 0 amide bonds. The first-order chi connectivity index (χ1) is 8.66. The third kappa shape index (κ3) is 3.21. The van der Waals surface area contributed by atoms with Gasteiger partial charge in [0.15, 0.2) is 17.3 Å². The molecular weight excluding hydrogens is 234 g/mol. The Morgan fingerprint density at radius 3 is 2.83 bits per heavy atom. The van der Waals surface area contributed by atoms with E-state index in [2.05, 4.69) is 0 Å². The van der Waals surface area contributed by atoms with Crippen LogP contribution >= 0.6 is 0 Å². The number of ketones is 1. The van der Waals surface area contributed by atoms with Gasteiger partial charge in [-0.3, -0.25) is 9.69 Å². The number of aromatic hydroxyl groups is 2. The van der Waals surface area contributed by atoms with Crippen molar-refractivity contribution in [3.63, 3.8) is 0 Å². The number of hydrogen-bond acceptors (Lipinski definition) is 5. The second-order valence-corrected chi connectivity index (χ2v) is 4.37. The largest absolute Gasteiger partial charge is 0.504 e. The van der Waals surface area contributed by atoms with Crippen LogP contribution in [-0.2, 0) is 4.74 Å². The van der Waals surface area contributed by atoms with Crippen LogP contribution < -0.4 is 0 Å². The SMILES string of the molecule is O=C(CN1CCCOCC1)c1ccc(O)c(O)c1. The maximum absolute atomic E-state index is 12.0. The van der Waals surface area contributed by atoms with Crippen molar-refractivity contribution in [2.24, 2.45) is 0 Å². The van der Waals surface area contributed by atoms with Crippen molar-refractivity contribution >= 4 is 5.78 Å². The van der Waals surface area contributed by atoms with E-state index in [1.165, 1.54) is 18.2 Å². The van der Waals surface area contributed by atoms with Crippen LogP contribution in [0.25, 0.3) is 0 Å². The fraction of sp³-hybridized carbons (Fsp3) is 0.462. The molecule has 1 aromatic carbocycles. The summed E-state index contributed by atoms with van der Waals surface area (Å²) in [5.74, 6) is -0.540. The molecular formula is C13H17NO4. The van der Waals surface area contributed by atoms with E-state index < -0.39 is 0 Å². The molecule has 18 heavy (non-hydrogen) atoms. The van der Waals surface area contributed by atoms with E-state index >= 15 is 0 Å². The summed E-state index contributed by atoms with van der Waals surface area (Å²) in [6.45, 7) is 3.29. The molecule has 1 heterocycles. The molecule has 0 aromatic heterocycles. The lowest BCUT2D eigenvalue weighted by Crippen LogP contribution is -2.32. The Balaban J connectivity index is 1.99. The zero-order valence-corrected chi connectivity index (χ0v) is 10.1. The van der Waals surface area contributed by atoms with E-state index in [1.807, 2.05) is 4.90 Å². The van der Waals surface area contributed by atoms with Crippen molar-refractivity contribution < 1.29 is 19.7 Å². The van der Waals surface area contributed by atoms with Crippen LogP contribution in [0.4, 0.5) is 0 Å². The summed E-state index contributed by atoms with van der Waals surface area (Å²) in [6.07, 6.45) is 0.925. The summed E-state index contributed by atoms with van der Waals surface area (Å²) in [6, 6.07) is 4.14. The fourth-order valence-electron chi connectivity index (χ4n) is 1.95. The normalized spacial score (nSPS) is 17.3. The molecule has 1 fully saturated rings. The third-order valence-electron chi connectivity index (χ3n) is 2.98. The summed E-state index contributed by atoms with van der Waals surface area (Å²) >= 11 is 0. The molecule has 0 radical (unpaired) electrons. The molecule has 0 aliphatic carbocycles. The van der Waals surface area contributed by atoms with Crippen LogP contribution in [0.1, 0.15) is 16.8 Å². The van der Waals surface area contributed by atoms with Crippen LogP contribution in [-0.4, -0.2) is 53.7 Å². The molecule has 5 heteroatoms. The number of phenols is 2. The number of ether oxygens (including phenoxy) is 1. The third-order valence-corrected chi connectivity index (χ3v) is 2.98. The summed E-state index contributed by atoms with van der Waals surface area (Å²) in [5, 5.41) is 18.6. The van der Waals surface area contributed by atoms with E-state index in [0.717, 1.165) is 26.1 Å². The van der Waals surface area contributed by atoms with Gasteiger partial charge in [0.25, 0.3) is 0 Å². The Kier molecular flexibility index (Phi) is 4.17. The quantitative estimate of drug-likeness (QED) is 0.619. The van der Waals surface area contributed by atoms with Crippen LogP contribution in [0.5, 0.6) is 11.5 Å². The highest BCUT2D eigenvalue weighted by atomic mass is 16.5. The monoisotopic (exact) mass is 251 g/mol. The van der Waals surface area contributed by atoms with E-state index in [0.29, 0.717) is 18.7 Å². The number of benzene rings is 1. The van der Waals surface area contributed by atoms with E-state index in [4.69, 9.17) is 4.74 Å². The number of rotatable bonds is 3. The van der Waals surface area contributed by atoms with Gasteiger partial charge in [-0.1, -0.05) is 0 Å². The smallest absolute Gasteiger partial charge is 0.176 e. The minimum Gasteiger partial charge on any atom is -0.504 e. The highest BCUT2D eigenvalue weighted by Gasteiger charge is 2.15. The van der Waals surface area contributed by atoms with Crippen molar-refractivity contribution in [1.82, 2.24) is 4.90 Å². The summed E-state index contributed by atoms with van der Waals surface area (Å²) in [7, 11) is 0. The lowest BCUT2D eigenvalue weighted by atomic mass is 10.1. The minimum atomic E-state index is -0.264. The zero-order valence-electron chi connectivity index (χ0n) is 10.1. The average molecular weight is 251 g/mol. The average Bonchev–Trinajstić information content (AvgIpc) is 2.61. The van der Waals surface area contributed by atoms with Crippen molar-refractivity contribution in [1.29, 1.82) is 0 Å². The van der Waals surface area contributed by atoms with E-state index in [1.54, 1.807) is 0 Å². The summed E-state index contributed by atoms with van der Waals surface area (Å²) in [5.41, 5.74) is 0.412. The number of carbonyl (C=O) groups excluding carboxylic acids is 1. The van der Waals surface area contributed by atoms with Crippen molar-refractivity contribution in [3.8, 4) is 11.5 Å². The Hall–Kier alpha value is -1.59. The maximum atomic E-state index is 12.0. The molecule has 1 aliphatic rings. The van der Waals surface area contributed by atoms with Crippen molar-refractivity contribution in [2.45, 2.75) is 6.42 Å². The van der Waals surface area contributed by atoms with Gasteiger partial charge in [-0.25, -0.2) is 0 Å². The maximum Gasteiger partial charge on any atom is 0.176 e. The lowest BCUT2D eigenvalue weighted by Gasteiger charge is -2.17. The van der Waals surface area contributed by atoms with Crippen LogP contribution in [0.3, 0.4) is 0 Å². The molecule has 1 saturated heterocycles. The molecule has 5 nitrogen and oxygen atoms in total. The molecule has 0 saturated carbocycles. The van der Waals surface area contributed by atoms with Gasteiger partial charge in [0.2, 0.25) is 0 Å². The topological polar surface area (TPSA) is 70.0 Å². The Morgan fingerprint density at radius 2 is 2.06 bits per heavy atom. The van der Waals surface area contributed by atoms with Crippen molar-refractivity contribution in [3.05, 3.63) is 23.8 Å². The number of Topliss-reactive ketones (excluding diaryl/α,β-unsaturated/α-hetero) is 1. The van der Waals surface area contributed by atoms with E-state index in [9.17, 15) is 15.0 Å². The fourth-order valence-corrected chi connectivity index (χ4v) is 1.95. The lowest BCUT2D eigenvalue weighted by molar-refractivity contribution is 0.0922. The number of nitrogens with zero attached hydrogens (tertiary/aromatic N) is 1. The standard InChI is InChI=1S/C13H17NO4/c15-11-3-2-10(8-12(11)16)13(17)9-14-4-1-6-18-7-5-14/h2-3,8,15-16H,1,4-7,9H2. The van der Waals surface area contributed by atoms with E-state index in [-0.39, 0.29) is 17.3 Å². The molecule has 1 aromatic rings. The van der Waals surface area contributed by atoms with Crippen LogP contribution in [0.2, 0.25) is 0 Å². The number of carbonyl (C=O) groups is 1. The minimum absolute atomic E-state index is 0.0628. The van der Waals surface area contributed by atoms with Crippen molar-refractivity contribution in [2.75, 3.05) is 32.8 Å². The van der Waals surface area contributed by atoms with Gasteiger partial charge in [0.1, 0.15) is 0 Å². The molecule has 0 atom stereocenters. The highest BCUT2D eigenvalue weighted by molar-refractivity contribution is 5.98. The second-order valence-electron chi connectivity index (χ2n) is 4.37. The Bertz CT molecular complexity index is 425. The highest BCUT2D eigenvalue weighted by Crippen LogP contribution is 2.25. The van der Waals surface area contributed by atoms with Gasteiger partial charge in [0.05, 0.1) is 13.2 Å². The number of phenolic OH excluding ortho intramolecular Hbond substituents is 2. The van der Waals surface area contributed by atoms with Gasteiger partial charge >= 0.3 is 0 Å². The number of hydrogen-bond donors (Lipinski definition) is 2. The van der Waals surface area contributed by atoms with Gasteiger partial charge in [-0.15, -0.1) is 0 Å². The zero-order chi connectivity index (χ0) is 13.0. The van der Waals surface area contributed by atoms with Crippen LogP contribution in [0.15, 0.2) is 18.2 Å². The van der Waals surface area contributed by atoms with Gasteiger partial charge < -0.3 is 14.9 Å². The Morgan fingerprint density at radius 1 is 1.22 bits per heavy atom. The second kappa shape index (κ2) is 5.84. The first-order valence-corrected chi connectivity index (χ1v) is 6.02. The molecule has 1 aliphatic heterocycles. The summed E-state index contributed by atoms with van der Waals surface area (Å²) in [4.78, 5) is 14.1. The molecule has 2 N–H and O–H groups in total. The molecule has 0 unspecified atom stereocenters. The first kappa shape index (κ1) is 12.9.